The van der Waals surface area contributed by atoms with E-state index in [0.717, 1.165) is 34.4 Å². The first-order chi connectivity index (χ1) is 11.4. The van der Waals surface area contributed by atoms with Gasteiger partial charge in [-0.05, 0) is 25.2 Å². The lowest BCUT2D eigenvalue weighted by Crippen LogP contribution is -2.08. The third-order valence-corrected chi connectivity index (χ3v) is 6.10. The van der Waals surface area contributed by atoms with Gasteiger partial charge in [0.1, 0.15) is 12.1 Å². The predicted molar refractivity (Wildman–Crippen MR) is 90.3 cm³/mol. The van der Waals surface area contributed by atoms with Gasteiger partial charge in [-0.15, -0.1) is 11.3 Å². The summed E-state index contributed by atoms with van der Waals surface area (Å²) in [4.78, 5) is 14.6. The highest BCUT2D eigenvalue weighted by molar-refractivity contribution is 7.15. The molecular weight excluding hydrogens is 306 g/mol. The molecule has 1 atom stereocenters. The summed E-state index contributed by atoms with van der Waals surface area (Å²) in [7, 11) is 0. The van der Waals surface area contributed by atoms with Crippen molar-refractivity contribution in [3.63, 3.8) is 0 Å². The van der Waals surface area contributed by atoms with Crippen LogP contribution in [-0.4, -0.2) is 21.5 Å². The van der Waals surface area contributed by atoms with Gasteiger partial charge in [-0.2, -0.15) is 5.26 Å². The Bertz CT molecular complexity index is 742. The number of thiazole rings is 1. The van der Waals surface area contributed by atoms with E-state index in [1.54, 1.807) is 17.7 Å². The molecule has 0 aromatic carbocycles. The van der Waals surface area contributed by atoms with Crippen LogP contribution in [0.5, 0.6) is 0 Å². The van der Waals surface area contributed by atoms with E-state index in [-0.39, 0.29) is 5.92 Å². The Hall–Kier alpha value is -2.00. The van der Waals surface area contributed by atoms with Gasteiger partial charge in [0.2, 0.25) is 0 Å². The van der Waals surface area contributed by atoms with Gasteiger partial charge in [0.25, 0.3) is 0 Å². The van der Waals surface area contributed by atoms with Gasteiger partial charge in [-0.3, -0.25) is 0 Å². The normalized spacial score (nSPS) is 18.4. The minimum atomic E-state index is 0.286. The van der Waals surface area contributed by atoms with E-state index < -0.39 is 0 Å². The van der Waals surface area contributed by atoms with Crippen molar-refractivity contribution in [2.24, 2.45) is 5.92 Å². The number of anilines is 1. The lowest BCUT2D eigenvalue weighted by atomic mass is 9.89. The second-order valence-corrected chi connectivity index (χ2v) is 7.36. The molecule has 0 radical (unpaired) electrons. The summed E-state index contributed by atoms with van der Waals surface area (Å²) < 4.78 is 0. The largest absolute Gasteiger partial charge is 0.369 e. The summed E-state index contributed by atoms with van der Waals surface area (Å²) in [6, 6.07) is 2.36. The van der Waals surface area contributed by atoms with Crippen LogP contribution in [0.15, 0.2) is 12.5 Å². The Labute approximate surface area is 139 Å². The number of hydrogen-bond acceptors (Lipinski definition) is 6. The molecule has 1 N–H and O–H groups in total. The molecule has 1 saturated carbocycles. The monoisotopic (exact) mass is 325 g/mol. The molecule has 2 aromatic rings. The zero-order valence-electron chi connectivity index (χ0n) is 13.0. The van der Waals surface area contributed by atoms with Gasteiger partial charge < -0.3 is 5.32 Å². The van der Waals surface area contributed by atoms with Gasteiger partial charge in [0, 0.05) is 30.6 Å². The standard InChI is InChI=1S/C17H19N5S/c18-7-5-12(11-3-1-2-4-11)17-20-9-14(23-17)15-13-6-8-19-16(13)22-10-21-15/h9-12H,1-6,8H2,(H,19,21,22). The smallest absolute Gasteiger partial charge is 0.133 e. The molecule has 3 heterocycles. The van der Waals surface area contributed by atoms with Crippen LogP contribution in [0.3, 0.4) is 0 Å². The fourth-order valence-corrected chi connectivity index (χ4v) is 4.94. The Morgan fingerprint density at radius 1 is 1.30 bits per heavy atom. The van der Waals surface area contributed by atoms with Crippen molar-refractivity contribution in [1.82, 2.24) is 15.0 Å². The molecular formula is C17H19N5S. The Kier molecular flexibility index (Phi) is 3.96. The molecule has 0 bridgehead atoms. The van der Waals surface area contributed by atoms with E-state index in [9.17, 15) is 5.26 Å². The first-order valence-corrected chi connectivity index (χ1v) is 9.09. The van der Waals surface area contributed by atoms with Crippen molar-refractivity contribution >= 4 is 17.2 Å². The topological polar surface area (TPSA) is 74.5 Å². The van der Waals surface area contributed by atoms with Crippen LogP contribution in [0.25, 0.3) is 10.6 Å². The zero-order chi connectivity index (χ0) is 15.6. The van der Waals surface area contributed by atoms with Crippen molar-refractivity contribution < 1.29 is 0 Å². The SMILES string of the molecule is N#CCC(c1ncc(-c2ncnc3c2CCN3)s1)C1CCCC1. The van der Waals surface area contributed by atoms with Crippen molar-refractivity contribution in [1.29, 1.82) is 5.26 Å². The van der Waals surface area contributed by atoms with Crippen LogP contribution in [0.4, 0.5) is 5.82 Å². The summed E-state index contributed by atoms with van der Waals surface area (Å²) in [5, 5.41) is 13.6. The van der Waals surface area contributed by atoms with Crippen molar-refractivity contribution in [2.75, 3.05) is 11.9 Å². The molecule has 0 amide bonds. The first-order valence-electron chi connectivity index (χ1n) is 8.27. The molecule has 118 valence electrons. The van der Waals surface area contributed by atoms with E-state index in [0.29, 0.717) is 12.3 Å². The van der Waals surface area contributed by atoms with Crippen LogP contribution in [0, 0.1) is 17.2 Å². The molecule has 1 fully saturated rings. The van der Waals surface area contributed by atoms with Gasteiger partial charge in [0.05, 0.1) is 21.6 Å². The van der Waals surface area contributed by atoms with Gasteiger partial charge in [-0.1, -0.05) is 12.8 Å². The Balaban J connectivity index is 1.66. The quantitative estimate of drug-likeness (QED) is 0.926. The highest BCUT2D eigenvalue weighted by atomic mass is 32.1. The minimum absolute atomic E-state index is 0.286. The van der Waals surface area contributed by atoms with Crippen LogP contribution in [-0.2, 0) is 6.42 Å². The van der Waals surface area contributed by atoms with Gasteiger partial charge in [0.15, 0.2) is 0 Å². The highest BCUT2D eigenvalue weighted by Crippen LogP contribution is 2.42. The van der Waals surface area contributed by atoms with E-state index >= 15 is 0 Å². The van der Waals surface area contributed by atoms with Crippen LogP contribution < -0.4 is 5.32 Å². The molecule has 1 aliphatic carbocycles. The molecule has 1 unspecified atom stereocenters. The summed E-state index contributed by atoms with van der Waals surface area (Å²) in [6.45, 7) is 0.922. The number of nitriles is 1. The fourth-order valence-electron chi connectivity index (χ4n) is 3.80. The lowest BCUT2D eigenvalue weighted by molar-refractivity contribution is 0.438. The number of aromatic nitrogens is 3. The molecule has 5 nitrogen and oxygen atoms in total. The Morgan fingerprint density at radius 2 is 2.17 bits per heavy atom. The van der Waals surface area contributed by atoms with Crippen molar-refractivity contribution in [3.05, 3.63) is 23.1 Å². The molecule has 6 heteroatoms. The predicted octanol–water partition coefficient (Wildman–Crippen LogP) is 3.76. The first kappa shape index (κ1) is 14.6. The van der Waals surface area contributed by atoms with E-state index in [2.05, 4.69) is 26.3 Å². The van der Waals surface area contributed by atoms with Gasteiger partial charge in [-0.25, -0.2) is 15.0 Å². The van der Waals surface area contributed by atoms with Crippen molar-refractivity contribution in [2.45, 2.75) is 44.4 Å². The zero-order valence-corrected chi connectivity index (χ0v) is 13.8. The lowest BCUT2D eigenvalue weighted by Gasteiger charge is -2.18. The third kappa shape index (κ3) is 2.70. The summed E-state index contributed by atoms with van der Waals surface area (Å²) in [5.74, 6) is 1.86. The highest BCUT2D eigenvalue weighted by Gasteiger charge is 2.29. The molecule has 23 heavy (non-hydrogen) atoms. The molecule has 2 aliphatic rings. The fraction of sp³-hybridized carbons (Fsp3) is 0.529. The molecule has 0 saturated heterocycles. The van der Waals surface area contributed by atoms with Crippen molar-refractivity contribution in [3.8, 4) is 16.6 Å². The maximum absolute atomic E-state index is 9.21. The minimum Gasteiger partial charge on any atom is -0.369 e. The van der Waals surface area contributed by atoms with E-state index in [1.165, 1.54) is 31.2 Å². The maximum Gasteiger partial charge on any atom is 0.133 e. The number of rotatable bonds is 4. The molecule has 0 spiro atoms. The van der Waals surface area contributed by atoms with Gasteiger partial charge >= 0.3 is 0 Å². The maximum atomic E-state index is 9.21. The summed E-state index contributed by atoms with van der Waals surface area (Å²) >= 11 is 1.71. The number of hydrogen-bond donors (Lipinski definition) is 1. The number of nitrogens with zero attached hydrogens (tertiary/aromatic N) is 4. The second-order valence-electron chi connectivity index (χ2n) is 6.30. The Morgan fingerprint density at radius 3 is 3.00 bits per heavy atom. The third-order valence-electron chi connectivity index (χ3n) is 4.97. The second kappa shape index (κ2) is 6.25. The number of nitrogens with one attached hydrogen (secondary N) is 1. The summed E-state index contributed by atoms with van der Waals surface area (Å²) in [5.41, 5.74) is 2.20. The van der Waals surface area contributed by atoms with E-state index in [1.807, 2.05) is 6.20 Å². The van der Waals surface area contributed by atoms with Crippen LogP contribution in [0.1, 0.15) is 48.6 Å². The molecule has 4 rings (SSSR count). The van der Waals surface area contributed by atoms with Crippen LogP contribution in [0.2, 0.25) is 0 Å². The van der Waals surface area contributed by atoms with Crippen LogP contribution >= 0.6 is 11.3 Å². The molecule has 2 aromatic heterocycles. The average molecular weight is 325 g/mol. The summed E-state index contributed by atoms with van der Waals surface area (Å²) in [6.07, 6.45) is 10.1. The average Bonchev–Trinajstić information content (AvgIpc) is 3.32. The van der Waals surface area contributed by atoms with E-state index in [4.69, 9.17) is 0 Å². The molecule has 1 aliphatic heterocycles. The number of fused-ring (bicyclic) bond motifs is 1.